The number of rotatable bonds is 7. The van der Waals surface area contributed by atoms with Gasteiger partial charge >= 0.3 is 0 Å². The van der Waals surface area contributed by atoms with Crippen LogP contribution in [-0.2, 0) is 12.2 Å². The molecule has 0 fully saturated rings. The van der Waals surface area contributed by atoms with Gasteiger partial charge in [-0.05, 0) is 74.4 Å². The van der Waals surface area contributed by atoms with Crippen molar-refractivity contribution in [3.63, 3.8) is 0 Å². The van der Waals surface area contributed by atoms with Crippen molar-refractivity contribution < 1.29 is 14.6 Å². The van der Waals surface area contributed by atoms with E-state index in [1.807, 2.05) is 19.0 Å². The summed E-state index contributed by atoms with van der Waals surface area (Å²) in [4.78, 5) is 2.04. The van der Waals surface area contributed by atoms with Crippen molar-refractivity contribution in [1.29, 1.82) is 0 Å². The highest BCUT2D eigenvalue weighted by molar-refractivity contribution is 5.46. The number of aliphatic hydroxyl groups excluding tert-OH is 1. The molecule has 0 aliphatic heterocycles. The molecule has 0 spiro atoms. The second-order valence-corrected chi connectivity index (χ2v) is 6.45. The third kappa shape index (κ3) is 4.46. The van der Waals surface area contributed by atoms with Gasteiger partial charge in [-0.3, -0.25) is 0 Å². The number of halogens is 1. The number of aliphatic hydroxyl groups is 2. The Balaban J connectivity index is 2.51. The molecule has 0 aliphatic rings. The van der Waals surface area contributed by atoms with Gasteiger partial charge in [0.15, 0.2) is 0 Å². The monoisotopic (exact) mass is 341 g/mol. The lowest BCUT2D eigenvalue weighted by molar-refractivity contribution is 0.0641. The van der Waals surface area contributed by atoms with Crippen LogP contribution < -0.4 is 0 Å². The Morgan fingerprint density at radius 1 is 1.16 bits per heavy atom. The molecule has 0 bridgehead atoms. The first kappa shape index (κ1) is 19.1. The van der Waals surface area contributed by atoms with E-state index in [0.29, 0.717) is 28.7 Å². The standard InChI is InChI=1S/C21H24FNO2/c1-4-16-6-11-20(17(14-16)15-24)21(25,12-5-13-23(2)3)18-7-9-19(22)10-8-18/h1,6-11,14,24-25H,5,12-13,15H2,2-3H3/t21-/m0/s1. The minimum atomic E-state index is -1.32. The average Bonchev–Trinajstić information content (AvgIpc) is 2.61. The zero-order valence-electron chi connectivity index (χ0n) is 14.7. The molecular formula is C21H24FNO2. The van der Waals surface area contributed by atoms with E-state index >= 15 is 0 Å². The van der Waals surface area contributed by atoms with Crippen LogP contribution in [0.3, 0.4) is 0 Å². The van der Waals surface area contributed by atoms with Crippen LogP contribution >= 0.6 is 0 Å². The number of hydrogen-bond donors (Lipinski definition) is 2. The van der Waals surface area contributed by atoms with Gasteiger partial charge in [0.05, 0.1) is 6.61 Å². The summed E-state index contributed by atoms with van der Waals surface area (Å²) in [5.74, 6) is 2.18. The number of terminal acetylenes is 1. The highest BCUT2D eigenvalue weighted by atomic mass is 19.1. The fourth-order valence-corrected chi connectivity index (χ4v) is 3.03. The SMILES string of the molecule is C#Cc1ccc([C@](O)(CCCN(C)C)c2ccc(F)cc2)c(CO)c1. The zero-order valence-corrected chi connectivity index (χ0v) is 14.7. The van der Waals surface area contributed by atoms with Crippen molar-refractivity contribution in [2.75, 3.05) is 20.6 Å². The van der Waals surface area contributed by atoms with Crippen molar-refractivity contribution in [2.45, 2.75) is 25.0 Å². The van der Waals surface area contributed by atoms with E-state index in [1.54, 1.807) is 30.3 Å². The third-order valence-electron chi connectivity index (χ3n) is 4.35. The summed E-state index contributed by atoms with van der Waals surface area (Å²) in [7, 11) is 3.94. The predicted octanol–water partition coefficient (Wildman–Crippen LogP) is 2.88. The largest absolute Gasteiger partial charge is 0.392 e. The lowest BCUT2D eigenvalue weighted by Crippen LogP contribution is -2.30. The van der Waals surface area contributed by atoms with Crippen LogP contribution in [0.5, 0.6) is 0 Å². The topological polar surface area (TPSA) is 43.7 Å². The molecule has 0 amide bonds. The summed E-state index contributed by atoms with van der Waals surface area (Å²) < 4.78 is 13.3. The molecule has 2 aromatic rings. The van der Waals surface area contributed by atoms with Crippen molar-refractivity contribution >= 4 is 0 Å². The van der Waals surface area contributed by atoms with E-state index in [1.165, 1.54) is 12.1 Å². The highest BCUT2D eigenvalue weighted by Gasteiger charge is 2.33. The van der Waals surface area contributed by atoms with Gasteiger partial charge in [-0.25, -0.2) is 4.39 Å². The molecular weight excluding hydrogens is 317 g/mol. The van der Waals surface area contributed by atoms with Gasteiger partial charge in [0.1, 0.15) is 11.4 Å². The predicted molar refractivity (Wildman–Crippen MR) is 97.5 cm³/mol. The van der Waals surface area contributed by atoms with E-state index in [4.69, 9.17) is 6.42 Å². The first-order chi connectivity index (χ1) is 11.9. The smallest absolute Gasteiger partial charge is 0.123 e. The van der Waals surface area contributed by atoms with E-state index in [2.05, 4.69) is 5.92 Å². The molecule has 1 atom stereocenters. The second-order valence-electron chi connectivity index (χ2n) is 6.45. The van der Waals surface area contributed by atoms with E-state index < -0.39 is 5.60 Å². The van der Waals surface area contributed by atoms with Gasteiger partial charge in [-0.15, -0.1) is 6.42 Å². The summed E-state index contributed by atoms with van der Waals surface area (Å²) >= 11 is 0. The summed E-state index contributed by atoms with van der Waals surface area (Å²) in [5, 5.41) is 21.3. The Kier molecular flexibility index (Phi) is 6.33. The first-order valence-corrected chi connectivity index (χ1v) is 8.24. The molecule has 0 saturated carbocycles. The zero-order chi connectivity index (χ0) is 18.4. The molecule has 2 rings (SSSR count). The maximum Gasteiger partial charge on any atom is 0.123 e. The molecule has 132 valence electrons. The Morgan fingerprint density at radius 2 is 1.84 bits per heavy atom. The van der Waals surface area contributed by atoms with Gasteiger partial charge in [0.2, 0.25) is 0 Å². The van der Waals surface area contributed by atoms with E-state index in [9.17, 15) is 14.6 Å². The van der Waals surface area contributed by atoms with Crippen LogP contribution in [0.4, 0.5) is 4.39 Å². The fourth-order valence-electron chi connectivity index (χ4n) is 3.03. The number of nitrogens with zero attached hydrogens (tertiary/aromatic N) is 1. The van der Waals surface area contributed by atoms with Gasteiger partial charge in [-0.2, -0.15) is 0 Å². The second kappa shape index (κ2) is 8.26. The van der Waals surface area contributed by atoms with E-state index in [0.717, 1.165) is 13.0 Å². The van der Waals surface area contributed by atoms with Crippen LogP contribution in [0, 0.1) is 18.2 Å². The van der Waals surface area contributed by atoms with Crippen LogP contribution in [0.25, 0.3) is 0 Å². The first-order valence-electron chi connectivity index (χ1n) is 8.24. The lowest BCUT2D eigenvalue weighted by Gasteiger charge is -2.32. The summed E-state index contributed by atoms with van der Waals surface area (Å²) in [6.07, 6.45) is 6.61. The van der Waals surface area contributed by atoms with Crippen LogP contribution in [0.2, 0.25) is 0 Å². The van der Waals surface area contributed by atoms with Gasteiger partial charge in [-0.1, -0.05) is 24.1 Å². The Hall–Kier alpha value is -2.19. The third-order valence-corrected chi connectivity index (χ3v) is 4.35. The normalized spacial score (nSPS) is 13.5. The molecule has 25 heavy (non-hydrogen) atoms. The Morgan fingerprint density at radius 3 is 2.40 bits per heavy atom. The molecule has 2 aromatic carbocycles. The van der Waals surface area contributed by atoms with Crippen molar-refractivity contribution in [3.05, 3.63) is 70.5 Å². The summed E-state index contributed by atoms with van der Waals surface area (Å²) in [6.45, 7) is 0.572. The number of hydrogen-bond acceptors (Lipinski definition) is 3. The van der Waals surface area contributed by atoms with Gasteiger partial charge in [0.25, 0.3) is 0 Å². The van der Waals surface area contributed by atoms with Crippen molar-refractivity contribution in [2.24, 2.45) is 0 Å². The maximum atomic E-state index is 13.3. The molecule has 4 heteroatoms. The molecule has 2 N–H and O–H groups in total. The molecule has 0 aliphatic carbocycles. The van der Waals surface area contributed by atoms with Gasteiger partial charge < -0.3 is 15.1 Å². The van der Waals surface area contributed by atoms with Crippen LogP contribution in [0.1, 0.15) is 35.1 Å². The average molecular weight is 341 g/mol. The highest BCUT2D eigenvalue weighted by Crippen LogP contribution is 2.36. The maximum absolute atomic E-state index is 13.3. The molecule has 0 heterocycles. The molecule has 0 saturated heterocycles. The van der Waals surface area contributed by atoms with Gasteiger partial charge in [0, 0.05) is 5.56 Å². The molecule has 0 unspecified atom stereocenters. The summed E-state index contributed by atoms with van der Waals surface area (Å²) in [5.41, 5.74) is 1.08. The number of benzene rings is 2. The van der Waals surface area contributed by atoms with E-state index in [-0.39, 0.29) is 12.4 Å². The minimum absolute atomic E-state index is 0.234. The quantitative estimate of drug-likeness (QED) is 0.761. The van der Waals surface area contributed by atoms with Crippen molar-refractivity contribution in [3.8, 4) is 12.3 Å². The molecule has 0 aromatic heterocycles. The Labute approximate surface area is 148 Å². The molecule has 0 radical (unpaired) electrons. The summed E-state index contributed by atoms with van der Waals surface area (Å²) in [6, 6.07) is 11.0. The Bertz CT molecular complexity index is 749. The fraction of sp³-hybridized carbons (Fsp3) is 0.333. The van der Waals surface area contributed by atoms with Crippen molar-refractivity contribution in [1.82, 2.24) is 4.90 Å². The minimum Gasteiger partial charge on any atom is -0.392 e. The van der Waals surface area contributed by atoms with Crippen LogP contribution in [0.15, 0.2) is 42.5 Å². The van der Waals surface area contributed by atoms with Crippen LogP contribution in [-0.4, -0.2) is 35.8 Å². The lowest BCUT2D eigenvalue weighted by atomic mass is 9.80. The molecule has 3 nitrogen and oxygen atoms in total.